The van der Waals surface area contributed by atoms with Gasteiger partial charge in [0.2, 0.25) is 0 Å². The highest BCUT2D eigenvalue weighted by Crippen LogP contribution is 2.11. The molecule has 0 bridgehead atoms. The Morgan fingerprint density at radius 2 is 1.97 bits per heavy atom. The number of carbonyl (C=O) groups is 2. The minimum Gasteiger partial charge on any atom is -0.390 e. The number of ketones is 2. The second kappa shape index (κ2) is 11.3. The highest BCUT2D eigenvalue weighted by molar-refractivity contribution is 5.87. The Morgan fingerprint density at radius 1 is 1.30 bits per heavy atom. The normalized spacial score (nSPS) is 13.3. The highest BCUT2D eigenvalue weighted by Gasteiger charge is 2.29. The molecule has 0 aliphatic rings. The van der Waals surface area contributed by atoms with E-state index in [1.54, 1.807) is 34.6 Å². The molecule has 2 N–H and O–H groups in total. The van der Waals surface area contributed by atoms with Gasteiger partial charge in [-0.25, -0.2) is 4.57 Å². The molecular formula is C19H33N5O6. The Hall–Kier alpha value is -2.21. The molecule has 1 aromatic heterocycles. The van der Waals surface area contributed by atoms with E-state index >= 15 is 0 Å². The minimum absolute atomic E-state index is 0.0225. The number of aromatic nitrogens is 2. The molecule has 1 rings (SSSR count). The average molecular weight is 428 g/mol. The van der Waals surface area contributed by atoms with Crippen molar-refractivity contribution in [2.45, 2.75) is 78.3 Å². The third kappa shape index (κ3) is 7.90. The lowest BCUT2D eigenvalue weighted by Crippen LogP contribution is -2.53. The van der Waals surface area contributed by atoms with Crippen LogP contribution < -0.4 is 10.8 Å². The molecule has 1 atom stereocenters. The van der Waals surface area contributed by atoms with E-state index in [0.29, 0.717) is 19.4 Å². The number of hydroxylamine groups is 1. The van der Waals surface area contributed by atoms with Gasteiger partial charge in [-0.05, 0) is 39.5 Å². The Morgan fingerprint density at radius 3 is 2.53 bits per heavy atom. The summed E-state index contributed by atoms with van der Waals surface area (Å²) in [6.07, 6.45) is 2.95. The van der Waals surface area contributed by atoms with Crippen LogP contribution in [0, 0.1) is 10.1 Å². The number of carbonyl (C=O) groups excluding carboxylic acids is 2. The van der Waals surface area contributed by atoms with Gasteiger partial charge in [-0.2, -0.15) is 5.48 Å². The van der Waals surface area contributed by atoms with Gasteiger partial charge >= 0.3 is 5.95 Å². The zero-order chi connectivity index (χ0) is 22.9. The van der Waals surface area contributed by atoms with Crippen molar-refractivity contribution in [1.82, 2.24) is 20.3 Å². The molecule has 0 aromatic carbocycles. The van der Waals surface area contributed by atoms with Crippen LogP contribution in [-0.4, -0.2) is 56.6 Å². The number of nitrogens with one attached hydrogen (secondary N) is 2. The molecule has 0 amide bonds. The molecule has 11 nitrogen and oxygen atoms in total. The van der Waals surface area contributed by atoms with E-state index < -0.39 is 22.3 Å². The molecule has 0 saturated heterocycles. The lowest BCUT2D eigenvalue weighted by molar-refractivity contribution is -0.396. The van der Waals surface area contributed by atoms with Gasteiger partial charge in [0.15, 0.2) is 12.1 Å². The van der Waals surface area contributed by atoms with Gasteiger partial charge in [-0.3, -0.25) is 14.4 Å². The van der Waals surface area contributed by atoms with Crippen LogP contribution in [0.25, 0.3) is 0 Å². The van der Waals surface area contributed by atoms with Crippen LogP contribution in [0.5, 0.6) is 0 Å². The molecule has 30 heavy (non-hydrogen) atoms. The predicted molar refractivity (Wildman–Crippen MR) is 110 cm³/mol. The third-order valence-corrected chi connectivity index (χ3v) is 4.76. The number of nitrogens with zero attached hydrogens (tertiary/aromatic N) is 3. The maximum absolute atomic E-state index is 12.0. The summed E-state index contributed by atoms with van der Waals surface area (Å²) in [5.41, 5.74) is 1.08. The van der Waals surface area contributed by atoms with Gasteiger partial charge in [0.1, 0.15) is 18.2 Å². The van der Waals surface area contributed by atoms with Crippen LogP contribution in [0.2, 0.25) is 0 Å². The second-order valence-corrected chi connectivity index (χ2v) is 8.02. The minimum atomic E-state index is -0.899. The topological polar surface area (TPSA) is 138 Å². The summed E-state index contributed by atoms with van der Waals surface area (Å²) in [4.78, 5) is 43.4. The molecule has 0 radical (unpaired) electrons. The van der Waals surface area contributed by atoms with Crippen molar-refractivity contribution >= 4 is 17.5 Å². The molecule has 0 aliphatic carbocycles. The average Bonchev–Trinajstić information content (AvgIpc) is 3.14. The van der Waals surface area contributed by atoms with Crippen LogP contribution in [0.4, 0.5) is 5.95 Å². The van der Waals surface area contributed by atoms with Crippen molar-refractivity contribution < 1.29 is 24.1 Å². The van der Waals surface area contributed by atoms with Crippen LogP contribution >= 0.6 is 0 Å². The zero-order valence-electron chi connectivity index (χ0n) is 18.6. The molecule has 11 heteroatoms. The van der Waals surface area contributed by atoms with E-state index in [0.717, 1.165) is 0 Å². The van der Waals surface area contributed by atoms with Crippen LogP contribution in [-0.2, 0) is 25.7 Å². The third-order valence-electron chi connectivity index (χ3n) is 4.76. The molecular weight excluding hydrogens is 394 g/mol. The number of hydrogen-bond donors (Lipinski definition) is 2. The SMILES string of the molecule is CCC(=O)C(C)(C)NOC(CNC(C)(C)C(C)=O)OCCCn1ccnc1[N+](=O)[O-]. The summed E-state index contributed by atoms with van der Waals surface area (Å²) >= 11 is 0. The second-order valence-electron chi connectivity index (χ2n) is 8.02. The smallest absolute Gasteiger partial charge is 0.390 e. The number of rotatable bonds is 15. The highest BCUT2D eigenvalue weighted by atomic mass is 16.8. The maximum Gasteiger partial charge on any atom is 0.434 e. The van der Waals surface area contributed by atoms with Crippen LogP contribution in [0.3, 0.4) is 0 Å². The number of Topliss-reactive ketones (excluding diaryl/α,β-unsaturated/α-hetero) is 2. The molecule has 1 unspecified atom stereocenters. The first-order valence-corrected chi connectivity index (χ1v) is 9.90. The largest absolute Gasteiger partial charge is 0.434 e. The van der Waals surface area contributed by atoms with Crippen molar-refractivity contribution in [3.05, 3.63) is 22.5 Å². The van der Waals surface area contributed by atoms with E-state index in [2.05, 4.69) is 15.8 Å². The number of hydrogen-bond acceptors (Lipinski definition) is 9. The molecule has 1 aromatic rings. The van der Waals surface area contributed by atoms with Gasteiger partial charge in [0.25, 0.3) is 0 Å². The van der Waals surface area contributed by atoms with E-state index in [4.69, 9.17) is 9.57 Å². The Balaban J connectivity index is 2.65. The fraction of sp³-hybridized carbons (Fsp3) is 0.737. The fourth-order valence-corrected chi connectivity index (χ4v) is 2.41. The number of imidazole rings is 1. The number of aryl methyl sites for hydroxylation is 1. The van der Waals surface area contributed by atoms with Crippen LogP contribution in [0.15, 0.2) is 12.4 Å². The van der Waals surface area contributed by atoms with Gasteiger partial charge in [0.05, 0.1) is 24.2 Å². The number of nitro groups is 1. The zero-order valence-corrected chi connectivity index (χ0v) is 18.6. The summed E-state index contributed by atoms with van der Waals surface area (Å²) in [6.45, 7) is 11.0. The van der Waals surface area contributed by atoms with E-state index in [9.17, 15) is 19.7 Å². The first-order chi connectivity index (χ1) is 13.9. The fourth-order valence-electron chi connectivity index (χ4n) is 2.41. The Bertz CT molecular complexity index is 731. The van der Waals surface area contributed by atoms with Crippen molar-refractivity contribution in [1.29, 1.82) is 0 Å². The van der Waals surface area contributed by atoms with Gasteiger partial charge < -0.3 is 20.2 Å². The molecule has 0 spiro atoms. The lowest BCUT2D eigenvalue weighted by Gasteiger charge is -2.30. The molecule has 1 heterocycles. The summed E-state index contributed by atoms with van der Waals surface area (Å²) in [7, 11) is 0. The standard InChI is InChI=1S/C19H33N5O6/c1-7-15(26)19(5,6)22-30-16(13-21-18(3,4)14(2)25)29-12-8-10-23-11-9-20-17(23)24(27)28/h9,11,16,21-22H,7-8,10,12-13H2,1-6H3. The quantitative estimate of drug-likeness (QED) is 0.185. The monoisotopic (exact) mass is 427 g/mol. The molecule has 0 aliphatic heterocycles. The number of ether oxygens (including phenoxy) is 1. The Labute approximate surface area is 176 Å². The first-order valence-electron chi connectivity index (χ1n) is 9.90. The summed E-state index contributed by atoms with van der Waals surface area (Å²) in [6, 6.07) is 0. The molecule has 0 saturated carbocycles. The molecule has 170 valence electrons. The Kier molecular flexibility index (Phi) is 9.69. The summed E-state index contributed by atoms with van der Waals surface area (Å²) in [5, 5.41) is 14.0. The maximum atomic E-state index is 12.0. The van der Waals surface area contributed by atoms with E-state index in [1.165, 1.54) is 23.9 Å². The van der Waals surface area contributed by atoms with Gasteiger partial charge in [-0.1, -0.05) is 11.9 Å². The first kappa shape index (κ1) is 25.8. The van der Waals surface area contributed by atoms with Crippen molar-refractivity contribution in [3.8, 4) is 0 Å². The van der Waals surface area contributed by atoms with Crippen molar-refractivity contribution in [2.24, 2.45) is 0 Å². The predicted octanol–water partition coefficient (Wildman–Crippen LogP) is 1.76. The lowest BCUT2D eigenvalue weighted by atomic mass is 9.99. The van der Waals surface area contributed by atoms with E-state index in [1.807, 2.05) is 0 Å². The van der Waals surface area contributed by atoms with Crippen LogP contribution in [0.1, 0.15) is 54.4 Å². The summed E-state index contributed by atoms with van der Waals surface area (Å²) < 4.78 is 7.18. The molecule has 0 fully saturated rings. The van der Waals surface area contributed by atoms with E-state index in [-0.39, 0.29) is 30.7 Å². The van der Waals surface area contributed by atoms with Gasteiger partial charge in [0, 0.05) is 19.4 Å². The van der Waals surface area contributed by atoms with Crippen molar-refractivity contribution in [3.63, 3.8) is 0 Å². The summed E-state index contributed by atoms with van der Waals surface area (Å²) in [5.74, 6) is -0.289. The van der Waals surface area contributed by atoms with Gasteiger partial charge in [-0.15, -0.1) is 0 Å². The van der Waals surface area contributed by atoms with Crippen molar-refractivity contribution in [2.75, 3.05) is 13.2 Å².